The summed E-state index contributed by atoms with van der Waals surface area (Å²) in [6.07, 6.45) is 4.84. The Morgan fingerprint density at radius 3 is 2.65 bits per heavy atom. The fourth-order valence-electron chi connectivity index (χ4n) is 1.57. The van der Waals surface area contributed by atoms with Crippen molar-refractivity contribution < 1.29 is 14.4 Å². The van der Waals surface area contributed by atoms with Crippen LogP contribution >= 0.6 is 0 Å². The van der Waals surface area contributed by atoms with E-state index in [9.17, 15) is 4.79 Å². The summed E-state index contributed by atoms with van der Waals surface area (Å²) in [5, 5.41) is 3.79. The van der Waals surface area contributed by atoms with Crippen molar-refractivity contribution in [2.75, 3.05) is 7.11 Å². The first-order valence-corrected chi connectivity index (χ1v) is 6.34. The fourth-order valence-corrected chi connectivity index (χ4v) is 1.57. The molecule has 0 unspecified atom stereocenters. The molecule has 0 N–H and O–H groups in total. The molecule has 0 radical (unpaired) electrons. The lowest BCUT2D eigenvalue weighted by molar-refractivity contribution is -0.112. The quantitative estimate of drug-likeness (QED) is 0.251. The maximum absolute atomic E-state index is 12.0. The average Bonchev–Trinajstić information content (AvgIpc) is 2.48. The molecule has 0 bridgehead atoms. The van der Waals surface area contributed by atoms with Gasteiger partial charge < -0.3 is 10.4 Å². The van der Waals surface area contributed by atoms with Gasteiger partial charge in [0.1, 0.15) is 7.11 Å². The molecule has 0 saturated heterocycles. The molecule has 0 aliphatic carbocycles. The molecular weight excluding hydrogens is 254 g/mol. The molecule has 0 aliphatic heterocycles. The fraction of sp³-hybridized carbons (Fsp3) is 0.267. The van der Waals surface area contributed by atoms with Crippen LogP contribution in [0.1, 0.15) is 25.3 Å². The molecule has 0 atom stereocenters. The van der Waals surface area contributed by atoms with Gasteiger partial charge in [0.05, 0.1) is 0 Å². The number of hydrogen-bond acceptors (Lipinski definition) is 3. The Bertz CT molecular complexity index is 556. The van der Waals surface area contributed by atoms with Gasteiger partial charge in [-0.3, -0.25) is 4.79 Å². The lowest BCUT2D eigenvalue weighted by Gasteiger charge is -1.99. The van der Waals surface area contributed by atoms with Crippen LogP contribution in [0.5, 0.6) is 0 Å². The van der Waals surface area contributed by atoms with Crippen LogP contribution in [-0.2, 0) is 9.63 Å². The van der Waals surface area contributed by atoms with E-state index in [-0.39, 0.29) is 11.4 Å². The lowest BCUT2D eigenvalue weighted by atomic mass is 10.0. The molecule has 0 heterocycles. The van der Waals surface area contributed by atoms with E-state index in [1.54, 1.807) is 30.3 Å². The highest BCUT2D eigenvalue weighted by atomic mass is 16.6. The molecule has 20 heavy (non-hydrogen) atoms. The zero-order valence-corrected chi connectivity index (χ0v) is 11.6. The van der Waals surface area contributed by atoms with Crippen LogP contribution in [0.3, 0.4) is 0 Å². The Balaban J connectivity index is 3.10. The van der Waals surface area contributed by atoms with Crippen LogP contribution in [0.4, 0.5) is 0 Å². The van der Waals surface area contributed by atoms with E-state index in [1.165, 1.54) is 13.2 Å². The topological polar surface area (TPSA) is 75.1 Å². The van der Waals surface area contributed by atoms with E-state index in [0.29, 0.717) is 5.56 Å². The minimum absolute atomic E-state index is 0.148. The summed E-state index contributed by atoms with van der Waals surface area (Å²) < 4.78 is 0. The van der Waals surface area contributed by atoms with Crippen LogP contribution in [-0.4, -0.2) is 29.1 Å². The monoisotopic (exact) mass is 271 g/mol. The zero-order chi connectivity index (χ0) is 14.8. The summed E-state index contributed by atoms with van der Waals surface area (Å²) in [4.78, 5) is 19.8. The van der Waals surface area contributed by atoms with E-state index in [4.69, 9.17) is 10.4 Å². The highest BCUT2D eigenvalue weighted by Crippen LogP contribution is 2.04. The summed E-state index contributed by atoms with van der Waals surface area (Å²) in [6.45, 7) is 2.01. The Labute approximate surface area is 118 Å². The summed E-state index contributed by atoms with van der Waals surface area (Å²) in [7, 11) is 1.37. The van der Waals surface area contributed by atoms with Crippen LogP contribution < -0.4 is 0 Å². The summed E-state index contributed by atoms with van der Waals surface area (Å²) >= 11 is 0. The molecule has 0 aliphatic rings. The van der Waals surface area contributed by atoms with E-state index >= 15 is 0 Å². The molecule has 0 fully saturated rings. The first kappa shape index (κ1) is 15.5. The van der Waals surface area contributed by atoms with Crippen LogP contribution in [0, 0.1) is 0 Å². The van der Waals surface area contributed by atoms with E-state index in [1.807, 2.05) is 13.0 Å². The van der Waals surface area contributed by atoms with Crippen LogP contribution in [0.15, 0.2) is 47.6 Å². The van der Waals surface area contributed by atoms with Gasteiger partial charge in [0.25, 0.3) is 5.78 Å². The summed E-state index contributed by atoms with van der Waals surface area (Å²) in [6, 6.07) is 8.95. The number of oxime groups is 1. The number of nitrogens with zero attached hydrogens (tertiary/aromatic N) is 3. The number of unbranched alkanes of at least 4 members (excludes halogenated alkanes) is 1. The maximum atomic E-state index is 12.0. The molecule has 1 aromatic rings. The Hall–Kier alpha value is -2.52. The van der Waals surface area contributed by atoms with Gasteiger partial charge in [-0.05, 0) is 12.5 Å². The molecule has 0 aromatic heterocycles. The van der Waals surface area contributed by atoms with Gasteiger partial charge in [-0.25, -0.2) is 0 Å². The van der Waals surface area contributed by atoms with Crippen molar-refractivity contribution >= 4 is 17.2 Å². The maximum Gasteiger partial charge on any atom is 0.391 e. The smallest absolute Gasteiger partial charge is 0.391 e. The van der Waals surface area contributed by atoms with E-state index in [0.717, 1.165) is 12.8 Å². The number of benzene rings is 1. The number of rotatable bonds is 7. The van der Waals surface area contributed by atoms with Crippen molar-refractivity contribution in [1.29, 1.82) is 0 Å². The molecule has 0 spiro atoms. The Kier molecular flexibility index (Phi) is 6.65. The SMILES string of the molecule is CCC/C=C/C(=O)C(=[N+]=[N-])/C(=N\OC)c1ccccc1. The summed E-state index contributed by atoms with van der Waals surface area (Å²) in [5.41, 5.74) is 9.79. The highest BCUT2D eigenvalue weighted by Gasteiger charge is 2.27. The van der Waals surface area contributed by atoms with Crippen molar-refractivity contribution in [1.82, 2.24) is 0 Å². The van der Waals surface area contributed by atoms with Crippen molar-refractivity contribution in [2.24, 2.45) is 5.16 Å². The van der Waals surface area contributed by atoms with Crippen molar-refractivity contribution in [3.63, 3.8) is 0 Å². The predicted octanol–water partition coefficient (Wildman–Crippen LogP) is 2.63. The lowest BCUT2D eigenvalue weighted by Crippen LogP contribution is -2.25. The van der Waals surface area contributed by atoms with Gasteiger partial charge in [-0.15, -0.1) is 0 Å². The first-order chi connectivity index (χ1) is 9.74. The van der Waals surface area contributed by atoms with Gasteiger partial charge in [-0.1, -0.05) is 54.9 Å². The van der Waals surface area contributed by atoms with Crippen molar-refractivity contribution in [3.8, 4) is 0 Å². The third kappa shape index (κ3) is 4.30. The second-order valence-corrected chi connectivity index (χ2v) is 3.99. The molecule has 5 nitrogen and oxygen atoms in total. The normalized spacial score (nSPS) is 11.2. The second-order valence-electron chi connectivity index (χ2n) is 3.99. The number of hydrogen-bond donors (Lipinski definition) is 0. The molecule has 0 saturated carbocycles. The minimum atomic E-state index is -0.416. The standard InChI is InChI=1S/C15H17N3O2/c1-3-4-6-11-13(19)15(17-16)14(18-20-2)12-9-7-5-8-10-12/h5-11H,3-4H2,1-2H3/b11-6+,18-14-. The molecule has 104 valence electrons. The third-order valence-corrected chi connectivity index (χ3v) is 2.51. The number of carbonyl (C=O) groups is 1. The molecular formula is C15H17N3O2. The zero-order valence-electron chi connectivity index (χ0n) is 11.6. The molecule has 5 heteroatoms. The Morgan fingerprint density at radius 1 is 1.40 bits per heavy atom. The Morgan fingerprint density at radius 2 is 2.10 bits per heavy atom. The van der Waals surface area contributed by atoms with E-state index < -0.39 is 5.78 Å². The van der Waals surface area contributed by atoms with Crippen molar-refractivity contribution in [3.05, 3.63) is 53.6 Å². The molecule has 1 aromatic carbocycles. The van der Waals surface area contributed by atoms with Gasteiger partial charge in [-0.2, -0.15) is 4.79 Å². The van der Waals surface area contributed by atoms with Gasteiger partial charge in [0.15, 0.2) is 0 Å². The minimum Gasteiger partial charge on any atom is -0.398 e. The number of allylic oxidation sites excluding steroid dienone is 2. The molecule has 0 amide bonds. The molecule has 1 rings (SSSR count). The van der Waals surface area contributed by atoms with Crippen LogP contribution in [0.25, 0.3) is 5.53 Å². The number of carbonyl (C=O) groups excluding carboxylic acids is 1. The van der Waals surface area contributed by atoms with Gasteiger partial charge in [0.2, 0.25) is 5.71 Å². The third-order valence-electron chi connectivity index (χ3n) is 2.51. The van der Waals surface area contributed by atoms with Crippen LogP contribution in [0.2, 0.25) is 0 Å². The van der Waals surface area contributed by atoms with Gasteiger partial charge >= 0.3 is 5.71 Å². The van der Waals surface area contributed by atoms with Gasteiger partial charge in [0, 0.05) is 5.56 Å². The largest absolute Gasteiger partial charge is 0.398 e. The highest BCUT2D eigenvalue weighted by molar-refractivity contribution is 6.70. The summed E-state index contributed by atoms with van der Waals surface area (Å²) in [5.74, 6) is -0.416. The van der Waals surface area contributed by atoms with Crippen molar-refractivity contribution in [2.45, 2.75) is 19.8 Å². The average molecular weight is 271 g/mol. The van der Waals surface area contributed by atoms with E-state index in [2.05, 4.69) is 9.95 Å². The second kappa shape index (κ2) is 8.56. The predicted molar refractivity (Wildman–Crippen MR) is 77.7 cm³/mol. The number of ketones is 1. The first-order valence-electron chi connectivity index (χ1n) is 6.34.